The third kappa shape index (κ3) is 2.23. The Hall–Kier alpha value is -0.0951. The second-order valence-corrected chi connectivity index (χ2v) is 3.00. The van der Waals surface area contributed by atoms with Gasteiger partial charge in [0.05, 0.1) is 6.61 Å². The summed E-state index contributed by atoms with van der Waals surface area (Å²) in [5.74, 6) is 0. The van der Waals surface area contributed by atoms with E-state index in [9.17, 15) is 0 Å². The third-order valence-corrected chi connectivity index (χ3v) is 2.22. The van der Waals surface area contributed by atoms with Gasteiger partial charge in [0.25, 0.3) is 0 Å². The summed E-state index contributed by atoms with van der Waals surface area (Å²) >= 11 is 0. The summed E-state index contributed by atoms with van der Waals surface area (Å²) in [6.45, 7) is 0.464. The Labute approximate surface area is 79.9 Å². The first-order valence-corrected chi connectivity index (χ1v) is 4.20. The molecular formula is C8H15BO4. The van der Waals surface area contributed by atoms with Crippen molar-refractivity contribution in [1.82, 2.24) is 0 Å². The number of hydrogen-bond acceptors (Lipinski definition) is 4. The summed E-state index contributed by atoms with van der Waals surface area (Å²) < 4.78 is 20.8. The smallest absolute Gasteiger partial charge is 0.113 e. The summed E-state index contributed by atoms with van der Waals surface area (Å²) in [6.07, 6.45) is -0.514. The highest BCUT2D eigenvalue weighted by atomic mass is 16.6. The molecular weight excluding hydrogens is 171 g/mol. The molecule has 0 aliphatic carbocycles. The predicted molar refractivity (Wildman–Crippen MR) is 47.9 cm³/mol. The van der Waals surface area contributed by atoms with E-state index in [4.69, 9.17) is 26.8 Å². The van der Waals surface area contributed by atoms with Crippen molar-refractivity contribution in [2.45, 2.75) is 24.3 Å². The third-order valence-electron chi connectivity index (χ3n) is 2.22. The van der Waals surface area contributed by atoms with Gasteiger partial charge in [-0.3, -0.25) is 0 Å². The van der Waals surface area contributed by atoms with Crippen LogP contribution < -0.4 is 0 Å². The van der Waals surface area contributed by atoms with Crippen LogP contribution in [0.5, 0.6) is 0 Å². The first-order chi connectivity index (χ1) is 6.24. The first kappa shape index (κ1) is 11.0. The van der Waals surface area contributed by atoms with E-state index >= 15 is 0 Å². The van der Waals surface area contributed by atoms with Crippen LogP contribution in [0.25, 0.3) is 0 Å². The second-order valence-electron chi connectivity index (χ2n) is 3.00. The number of ether oxygens (including phenoxy) is 4. The zero-order valence-electron chi connectivity index (χ0n) is 8.23. The van der Waals surface area contributed by atoms with Crippen molar-refractivity contribution >= 4 is 7.85 Å². The van der Waals surface area contributed by atoms with Gasteiger partial charge in [-0.2, -0.15) is 0 Å². The van der Waals surface area contributed by atoms with E-state index in [1.807, 2.05) is 0 Å². The van der Waals surface area contributed by atoms with Crippen LogP contribution in [0.1, 0.15) is 0 Å². The molecule has 4 atom stereocenters. The molecule has 1 unspecified atom stereocenters. The van der Waals surface area contributed by atoms with Crippen LogP contribution in [-0.4, -0.2) is 60.1 Å². The van der Waals surface area contributed by atoms with Crippen LogP contribution in [0.2, 0.25) is 0 Å². The lowest BCUT2D eigenvalue weighted by Gasteiger charge is -2.20. The molecule has 0 aromatic carbocycles. The molecule has 13 heavy (non-hydrogen) atoms. The zero-order chi connectivity index (χ0) is 9.84. The second kappa shape index (κ2) is 4.95. The van der Waals surface area contributed by atoms with E-state index < -0.39 is 6.00 Å². The molecule has 1 fully saturated rings. The summed E-state index contributed by atoms with van der Waals surface area (Å²) in [5.41, 5.74) is 0. The summed E-state index contributed by atoms with van der Waals surface area (Å²) in [5, 5.41) is 0. The van der Waals surface area contributed by atoms with Crippen molar-refractivity contribution in [3.63, 3.8) is 0 Å². The number of methoxy groups -OCH3 is 3. The molecule has 1 aliphatic rings. The minimum Gasteiger partial charge on any atom is -0.382 e. The molecule has 1 rings (SSSR count). The van der Waals surface area contributed by atoms with Gasteiger partial charge < -0.3 is 18.9 Å². The normalized spacial score (nSPS) is 39.6. The maximum absolute atomic E-state index is 5.69. The van der Waals surface area contributed by atoms with Crippen molar-refractivity contribution in [2.24, 2.45) is 0 Å². The van der Waals surface area contributed by atoms with E-state index in [1.54, 1.807) is 21.3 Å². The van der Waals surface area contributed by atoms with Crippen molar-refractivity contribution in [1.29, 1.82) is 0 Å². The summed E-state index contributed by atoms with van der Waals surface area (Å²) in [4.78, 5) is 0. The molecule has 0 amide bonds. The Bertz CT molecular complexity index is 155. The Morgan fingerprint density at radius 1 is 1.15 bits per heavy atom. The van der Waals surface area contributed by atoms with E-state index in [0.29, 0.717) is 6.61 Å². The maximum Gasteiger partial charge on any atom is 0.113 e. The lowest BCUT2D eigenvalue weighted by Crippen LogP contribution is -2.37. The molecule has 1 aliphatic heterocycles. The van der Waals surface area contributed by atoms with Gasteiger partial charge >= 0.3 is 0 Å². The fourth-order valence-corrected chi connectivity index (χ4v) is 1.61. The van der Waals surface area contributed by atoms with Gasteiger partial charge in [-0.1, -0.05) is 0 Å². The highest BCUT2D eigenvalue weighted by Crippen LogP contribution is 2.24. The average Bonchev–Trinajstić information content (AvgIpc) is 2.41. The quantitative estimate of drug-likeness (QED) is 0.557. The van der Waals surface area contributed by atoms with Crippen LogP contribution in [0, 0.1) is 0 Å². The first-order valence-electron chi connectivity index (χ1n) is 4.20. The van der Waals surface area contributed by atoms with Crippen molar-refractivity contribution in [3.05, 3.63) is 0 Å². The molecule has 4 nitrogen and oxygen atoms in total. The lowest BCUT2D eigenvalue weighted by molar-refractivity contribution is -0.0463. The maximum atomic E-state index is 5.69. The Morgan fingerprint density at radius 2 is 1.77 bits per heavy atom. The lowest BCUT2D eigenvalue weighted by atomic mass is 9.93. The molecule has 0 bridgehead atoms. The topological polar surface area (TPSA) is 36.9 Å². The van der Waals surface area contributed by atoms with E-state index in [0.717, 1.165) is 0 Å². The molecule has 0 N–H and O–H groups in total. The average molecular weight is 186 g/mol. The van der Waals surface area contributed by atoms with Gasteiger partial charge in [-0.25, -0.2) is 0 Å². The zero-order valence-corrected chi connectivity index (χ0v) is 8.23. The van der Waals surface area contributed by atoms with Gasteiger partial charge in [-0.05, 0) is 0 Å². The fraction of sp³-hybridized carbons (Fsp3) is 1.00. The molecule has 0 aromatic rings. The fourth-order valence-electron chi connectivity index (χ4n) is 1.61. The molecule has 1 saturated heterocycles. The highest BCUT2D eigenvalue weighted by molar-refractivity contribution is 6.11. The summed E-state index contributed by atoms with van der Waals surface area (Å²) in [6, 6.07) is -0.435. The molecule has 1 heterocycles. The molecule has 0 aromatic heterocycles. The molecule has 5 heteroatoms. The van der Waals surface area contributed by atoms with E-state index in [1.165, 1.54) is 0 Å². The molecule has 0 saturated carbocycles. The van der Waals surface area contributed by atoms with Crippen LogP contribution in [0.15, 0.2) is 0 Å². The molecule has 0 spiro atoms. The van der Waals surface area contributed by atoms with Crippen LogP contribution in [0.3, 0.4) is 0 Å². The van der Waals surface area contributed by atoms with Crippen LogP contribution >= 0.6 is 0 Å². The Balaban J connectivity index is 2.57. The van der Waals surface area contributed by atoms with E-state index in [2.05, 4.69) is 0 Å². The monoisotopic (exact) mass is 186 g/mol. The van der Waals surface area contributed by atoms with Crippen molar-refractivity contribution < 1.29 is 18.9 Å². The number of hydrogen-bond donors (Lipinski definition) is 0. The largest absolute Gasteiger partial charge is 0.382 e. The predicted octanol–water partition coefficient (Wildman–Crippen LogP) is -0.444. The number of rotatable bonds is 4. The summed E-state index contributed by atoms with van der Waals surface area (Å²) in [7, 11) is 10.5. The minimum atomic E-state index is -0.435. The highest BCUT2D eigenvalue weighted by Gasteiger charge is 2.42. The standard InChI is InChI=1S/C8H15BO4/c1-10-4-5-6(11-2)7(12-3)8(9)13-5/h5-8H,4H2,1-3H3/t5-,6-,7?,8-/m1/s1. The van der Waals surface area contributed by atoms with Crippen LogP contribution in [0.4, 0.5) is 0 Å². The van der Waals surface area contributed by atoms with Crippen molar-refractivity contribution in [2.75, 3.05) is 27.9 Å². The molecule has 2 radical (unpaired) electrons. The molecule has 74 valence electrons. The van der Waals surface area contributed by atoms with Gasteiger partial charge in [0, 0.05) is 27.3 Å². The van der Waals surface area contributed by atoms with Crippen molar-refractivity contribution in [3.8, 4) is 0 Å². The van der Waals surface area contributed by atoms with E-state index in [-0.39, 0.29) is 18.3 Å². The minimum absolute atomic E-state index is 0.144. The van der Waals surface area contributed by atoms with Gasteiger partial charge in [0.2, 0.25) is 0 Å². The Morgan fingerprint density at radius 3 is 2.23 bits per heavy atom. The van der Waals surface area contributed by atoms with Crippen LogP contribution in [-0.2, 0) is 18.9 Å². The SMILES string of the molecule is [B][C@@H]1O[C@H](COC)[C@@H](OC)C1OC. The van der Waals surface area contributed by atoms with Gasteiger partial charge in [0.1, 0.15) is 26.2 Å². The Kier molecular flexibility index (Phi) is 4.19. The van der Waals surface area contributed by atoms with Gasteiger partial charge in [-0.15, -0.1) is 0 Å². The van der Waals surface area contributed by atoms with Gasteiger partial charge in [0.15, 0.2) is 0 Å².